The van der Waals surface area contributed by atoms with E-state index in [0.717, 1.165) is 0 Å². The van der Waals surface area contributed by atoms with Crippen molar-refractivity contribution in [2.45, 2.75) is 58.7 Å². The number of amides is 1. The van der Waals surface area contributed by atoms with E-state index in [0.29, 0.717) is 12.5 Å². The lowest BCUT2D eigenvalue weighted by molar-refractivity contribution is -0.121. The van der Waals surface area contributed by atoms with Gasteiger partial charge in [0.25, 0.3) is 0 Å². The Labute approximate surface area is 181 Å². The van der Waals surface area contributed by atoms with Gasteiger partial charge in [-0.1, -0.05) is 30.3 Å². The second-order valence-corrected chi connectivity index (χ2v) is 8.24. The molecular weight excluding hydrogens is 453 g/mol. The molecule has 1 unspecified atom stereocenters. The van der Waals surface area contributed by atoms with Crippen molar-refractivity contribution in [1.82, 2.24) is 21.3 Å². The van der Waals surface area contributed by atoms with E-state index in [9.17, 15) is 4.79 Å². The van der Waals surface area contributed by atoms with E-state index in [-0.39, 0.29) is 53.5 Å². The zero-order valence-corrected chi connectivity index (χ0v) is 20.0. The SMILES string of the molecule is CN=C(NCC(=O)NC(C)(C)C)NCC(C)(C)NC(C)c1ccccc1.I. The summed E-state index contributed by atoms with van der Waals surface area (Å²) in [5.74, 6) is 0.548. The maximum atomic E-state index is 11.9. The van der Waals surface area contributed by atoms with Crippen LogP contribution >= 0.6 is 24.0 Å². The Morgan fingerprint density at radius 1 is 1.07 bits per heavy atom. The molecule has 6 nitrogen and oxygen atoms in total. The molecule has 1 aromatic carbocycles. The van der Waals surface area contributed by atoms with E-state index in [1.54, 1.807) is 7.05 Å². The van der Waals surface area contributed by atoms with Crippen molar-refractivity contribution in [1.29, 1.82) is 0 Å². The fraction of sp³-hybridized carbons (Fsp3) is 0.600. The molecule has 0 spiro atoms. The molecule has 27 heavy (non-hydrogen) atoms. The van der Waals surface area contributed by atoms with Gasteiger partial charge in [-0.25, -0.2) is 0 Å². The van der Waals surface area contributed by atoms with E-state index in [1.807, 2.05) is 39.0 Å². The third-order valence-electron chi connectivity index (χ3n) is 3.76. The van der Waals surface area contributed by atoms with Gasteiger partial charge in [0.2, 0.25) is 5.91 Å². The Hall–Kier alpha value is -1.35. The number of carbonyl (C=O) groups is 1. The van der Waals surface area contributed by atoms with Gasteiger partial charge in [0.1, 0.15) is 0 Å². The first-order valence-corrected chi connectivity index (χ1v) is 9.10. The zero-order chi connectivity index (χ0) is 19.8. The second kappa shape index (κ2) is 11.5. The highest BCUT2D eigenvalue weighted by molar-refractivity contribution is 14.0. The van der Waals surface area contributed by atoms with Crippen molar-refractivity contribution in [3.63, 3.8) is 0 Å². The summed E-state index contributed by atoms with van der Waals surface area (Å²) in [7, 11) is 1.70. The Kier molecular flexibility index (Phi) is 10.9. The first-order valence-electron chi connectivity index (χ1n) is 9.10. The number of hydrogen-bond donors (Lipinski definition) is 4. The second-order valence-electron chi connectivity index (χ2n) is 8.24. The average molecular weight is 489 g/mol. The minimum atomic E-state index is -0.241. The van der Waals surface area contributed by atoms with Gasteiger partial charge in [0, 0.05) is 30.7 Å². The fourth-order valence-corrected chi connectivity index (χ4v) is 2.61. The van der Waals surface area contributed by atoms with Crippen LogP contribution in [0.5, 0.6) is 0 Å². The lowest BCUT2D eigenvalue weighted by atomic mass is 10.0. The third-order valence-corrected chi connectivity index (χ3v) is 3.76. The summed E-state index contributed by atoms with van der Waals surface area (Å²) in [5, 5.41) is 12.9. The van der Waals surface area contributed by atoms with Gasteiger partial charge in [-0.15, -0.1) is 24.0 Å². The summed E-state index contributed by atoms with van der Waals surface area (Å²) in [6.45, 7) is 13.2. The van der Waals surface area contributed by atoms with Gasteiger partial charge in [0.05, 0.1) is 6.54 Å². The minimum absolute atomic E-state index is 0. The van der Waals surface area contributed by atoms with Crippen LogP contribution in [0.2, 0.25) is 0 Å². The predicted molar refractivity (Wildman–Crippen MR) is 125 cm³/mol. The fourth-order valence-electron chi connectivity index (χ4n) is 2.61. The van der Waals surface area contributed by atoms with Crippen LogP contribution in [0.1, 0.15) is 53.1 Å². The smallest absolute Gasteiger partial charge is 0.239 e. The molecule has 0 aliphatic heterocycles. The lowest BCUT2D eigenvalue weighted by Gasteiger charge is -2.31. The van der Waals surface area contributed by atoms with Crippen LogP contribution in [0.3, 0.4) is 0 Å². The van der Waals surface area contributed by atoms with Crippen LogP contribution in [0.25, 0.3) is 0 Å². The van der Waals surface area contributed by atoms with Gasteiger partial charge in [0.15, 0.2) is 5.96 Å². The Morgan fingerprint density at radius 2 is 1.67 bits per heavy atom. The predicted octanol–water partition coefficient (Wildman–Crippen LogP) is 2.81. The average Bonchev–Trinajstić information content (AvgIpc) is 2.53. The van der Waals surface area contributed by atoms with Crippen LogP contribution in [0.4, 0.5) is 0 Å². The van der Waals surface area contributed by atoms with Gasteiger partial charge in [-0.05, 0) is 47.1 Å². The van der Waals surface area contributed by atoms with Crippen LogP contribution in [0, 0.1) is 0 Å². The topological polar surface area (TPSA) is 77.5 Å². The van der Waals surface area contributed by atoms with Crippen molar-refractivity contribution in [2.24, 2.45) is 4.99 Å². The number of halogens is 1. The first-order chi connectivity index (χ1) is 12.0. The highest BCUT2D eigenvalue weighted by atomic mass is 127. The van der Waals surface area contributed by atoms with Gasteiger partial charge < -0.3 is 21.3 Å². The molecular formula is C20H36IN5O. The Morgan fingerprint density at radius 3 is 2.19 bits per heavy atom. The van der Waals surface area contributed by atoms with E-state index in [4.69, 9.17) is 0 Å². The highest BCUT2D eigenvalue weighted by Crippen LogP contribution is 2.15. The molecule has 0 aliphatic carbocycles. The number of guanidine groups is 1. The molecule has 0 heterocycles. The van der Waals surface area contributed by atoms with E-state index >= 15 is 0 Å². The number of carbonyl (C=O) groups excluding carboxylic acids is 1. The highest BCUT2D eigenvalue weighted by Gasteiger charge is 2.21. The van der Waals surface area contributed by atoms with E-state index < -0.39 is 0 Å². The molecule has 0 bridgehead atoms. The monoisotopic (exact) mass is 489 g/mol. The summed E-state index contributed by atoms with van der Waals surface area (Å²) in [5.41, 5.74) is 0.859. The molecule has 7 heteroatoms. The number of rotatable bonds is 7. The molecule has 154 valence electrons. The molecule has 0 saturated heterocycles. The van der Waals surface area contributed by atoms with E-state index in [2.05, 4.69) is 59.2 Å². The molecule has 0 fully saturated rings. The maximum Gasteiger partial charge on any atom is 0.239 e. The van der Waals surface area contributed by atoms with Gasteiger partial charge >= 0.3 is 0 Å². The number of hydrogen-bond acceptors (Lipinski definition) is 3. The summed E-state index contributed by atoms with van der Waals surface area (Å²) in [4.78, 5) is 16.1. The van der Waals surface area contributed by atoms with Crippen molar-refractivity contribution >= 4 is 35.8 Å². The standard InChI is InChI=1S/C20H35N5O.HI/c1-15(16-11-9-8-10-12-16)24-20(5,6)14-23-18(21-7)22-13-17(26)25-19(2,3)4;/h8-12,15,24H,13-14H2,1-7H3,(H,25,26)(H2,21,22,23);1H. The van der Waals surface area contributed by atoms with Gasteiger partial charge in [-0.2, -0.15) is 0 Å². The van der Waals surface area contributed by atoms with Crippen molar-refractivity contribution in [2.75, 3.05) is 20.1 Å². The van der Waals surface area contributed by atoms with E-state index in [1.165, 1.54) is 5.56 Å². The minimum Gasteiger partial charge on any atom is -0.355 e. The molecule has 4 N–H and O–H groups in total. The molecule has 1 amide bonds. The first kappa shape index (κ1) is 25.6. The Bertz CT molecular complexity index is 596. The molecule has 0 aromatic heterocycles. The van der Waals surface area contributed by atoms with Crippen molar-refractivity contribution in [3.05, 3.63) is 35.9 Å². The maximum absolute atomic E-state index is 11.9. The molecule has 1 atom stereocenters. The third kappa shape index (κ3) is 11.2. The normalized spacial score (nSPS) is 13.4. The van der Waals surface area contributed by atoms with Crippen LogP contribution in [-0.2, 0) is 4.79 Å². The van der Waals surface area contributed by atoms with Crippen LogP contribution < -0.4 is 21.3 Å². The summed E-state index contributed by atoms with van der Waals surface area (Å²) in [6, 6.07) is 10.6. The van der Waals surface area contributed by atoms with Crippen LogP contribution in [0.15, 0.2) is 35.3 Å². The van der Waals surface area contributed by atoms with Gasteiger partial charge in [-0.3, -0.25) is 9.79 Å². The zero-order valence-electron chi connectivity index (χ0n) is 17.6. The summed E-state index contributed by atoms with van der Waals surface area (Å²) >= 11 is 0. The number of benzene rings is 1. The quantitative estimate of drug-likeness (QED) is 0.270. The number of nitrogens with zero attached hydrogens (tertiary/aromatic N) is 1. The molecule has 1 rings (SSSR count). The van der Waals surface area contributed by atoms with Crippen LogP contribution in [-0.4, -0.2) is 43.1 Å². The Balaban J connectivity index is 0.00000676. The molecule has 0 radical (unpaired) electrons. The summed E-state index contributed by atoms with van der Waals surface area (Å²) in [6.07, 6.45) is 0. The molecule has 0 aliphatic rings. The number of aliphatic imine (C=N–C) groups is 1. The van der Waals surface area contributed by atoms with Crippen molar-refractivity contribution < 1.29 is 4.79 Å². The largest absolute Gasteiger partial charge is 0.355 e. The lowest BCUT2D eigenvalue weighted by Crippen LogP contribution is -2.53. The van der Waals surface area contributed by atoms with Crippen molar-refractivity contribution in [3.8, 4) is 0 Å². The summed E-state index contributed by atoms with van der Waals surface area (Å²) < 4.78 is 0. The molecule has 1 aromatic rings. The molecule has 0 saturated carbocycles. The number of nitrogens with one attached hydrogen (secondary N) is 4.